The summed E-state index contributed by atoms with van der Waals surface area (Å²) in [4.78, 5) is 19.6. The maximum Gasteiger partial charge on any atom is 0.153 e. The van der Waals surface area contributed by atoms with Gasteiger partial charge in [-0.3, -0.25) is 4.79 Å². The maximum atomic E-state index is 11.1. The summed E-state index contributed by atoms with van der Waals surface area (Å²) in [5, 5.41) is 6.99. The maximum absolute atomic E-state index is 11.1. The average Bonchev–Trinajstić information content (AvgIpc) is 3.07. The number of carbonyl (C=O) groups excluding carboxylic acids is 1. The largest absolute Gasteiger partial charge is 0.298 e. The lowest BCUT2D eigenvalue weighted by Gasteiger charge is -2.00. The first kappa shape index (κ1) is 11.7. The molecule has 0 fully saturated rings. The van der Waals surface area contributed by atoms with Crippen LogP contribution in [0.2, 0.25) is 0 Å². The van der Waals surface area contributed by atoms with E-state index in [0.29, 0.717) is 17.1 Å². The SMILES string of the molecule is Cc1ccnc(-n2cc(C=O)c(-c3nccs3)n2)c1. The van der Waals surface area contributed by atoms with Gasteiger partial charge >= 0.3 is 0 Å². The van der Waals surface area contributed by atoms with E-state index in [4.69, 9.17) is 0 Å². The molecule has 3 aromatic heterocycles. The van der Waals surface area contributed by atoms with Gasteiger partial charge in [0, 0.05) is 24.0 Å². The van der Waals surface area contributed by atoms with Gasteiger partial charge in [0.25, 0.3) is 0 Å². The van der Waals surface area contributed by atoms with E-state index in [2.05, 4.69) is 15.1 Å². The lowest BCUT2D eigenvalue weighted by Crippen LogP contribution is -1.98. The van der Waals surface area contributed by atoms with Gasteiger partial charge in [-0.25, -0.2) is 14.6 Å². The number of aromatic nitrogens is 4. The minimum absolute atomic E-state index is 0.512. The van der Waals surface area contributed by atoms with Crippen LogP contribution in [0.4, 0.5) is 0 Å². The molecule has 0 aliphatic rings. The molecule has 0 saturated carbocycles. The zero-order valence-corrected chi connectivity index (χ0v) is 11.0. The van der Waals surface area contributed by atoms with Crippen LogP contribution in [0, 0.1) is 6.92 Å². The van der Waals surface area contributed by atoms with Crippen LogP contribution in [0.5, 0.6) is 0 Å². The van der Waals surface area contributed by atoms with E-state index >= 15 is 0 Å². The van der Waals surface area contributed by atoms with Crippen LogP contribution >= 0.6 is 11.3 Å². The van der Waals surface area contributed by atoms with Crippen molar-refractivity contribution in [2.24, 2.45) is 0 Å². The van der Waals surface area contributed by atoms with Gasteiger partial charge in [0.1, 0.15) is 10.7 Å². The summed E-state index contributed by atoms with van der Waals surface area (Å²) < 4.78 is 1.60. The zero-order chi connectivity index (χ0) is 13.2. The van der Waals surface area contributed by atoms with Crippen LogP contribution in [0.1, 0.15) is 15.9 Å². The van der Waals surface area contributed by atoms with Crippen LogP contribution in [0.3, 0.4) is 0 Å². The highest BCUT2D eigenvalue weighted by Crippen LogP contribution is 2.24. The second-order valence-corrected chi connectivity index (χ2v) is 4.92. The molecule has 0 atom stereocenters. The van der Waals surface area contributed by atoms with Crippen LogP contribution in [0.25, 0.3) is 16.5 Å². The van der Waals surface area contributed by atoms with Crippen molar-refractivity contribution in [2.45, 2.75) is 6.92 Å². The molecule has 94 valence electrons. The van der Waals surface area contributed by atoms with Crippen molar-refractivity contribution in [3.8, 4) is 16.5 Å². The molecule has 19 heavy (non-hydrogen) atoms. The van der Waals surface area contributed by atoms with E-state index in [9.17, 15) is 4.79 Å². The normalized spacial score (nSPS) is 10.6. The fourth-order valence-corrected chi connectivity index (χ4v) is 2.39. The van der Waals surface area contributed by atoms with Gasteiger partial charge < -0.3 is 0 Å². The summed E-state index contributed by atoms with van der Waals surface area (Å²) in [5.74, 6) is 0.686. The molecule has 0 aliphatic heterocycles. The van der Waals surface area contributed by atoms with Crippen LogP contribution in [-0.4, -0.2) is 26.0 Å². The summed E-state index contributed by atoms with van der Waals surface area (Å²) >= 11 is 1.45. The van der Waals surface area contributed by atoms with Crippen molar-refractivity contribution in [2.75, 3.05) is 0 Å². The molecule has 0 radical (unpaired) electrons. The van der Waals surface area contributed by atoms with Gasteiger partial charge in [0.05, 0.1) is 5.56 Å². The van der Waals surface area contributed by atoms with Crippen molar-refractivity contribution in [3.63, 3.8) is 0 Å². The lowest BCUT2D eigenvalue weighted by molar-refractivity contribution is 0.112. The first-order chi connectivity index (χ1) is 9.28. The summed E-state index contributed by atoms with van der Waals surface area (Å²) in [7, 11) is 0. The first-order valence-electron chi connectivity index (χ1n) is 5.65. The Balaban J connectivity index is 2.12. The summed E-state index contributed by atoms with van der Waals surface area (Å²) in [6.45, 7) is 1.98. The Morgan fingerprint density at radius 3 is 2.89 bits per heavy atom. The van der Waals surface area contributed by atoms with Gasteiger partial charge in [-0.15, -0.1) is 11.3 Å². The molecule has 0 bridgehead atoms. The second kappa shape index (κ2) is 4.74. The first-order valence-corrected chi connectivity index (χ1v) is 6.53. The number of pyridine rings is 1. The van der Waals surface area contributed by atoms with E-state index in [1.54, 1.807) is 23.3 Å². The highest BCUT2D eigenvalue weighted by atomic mass is 32.1. The summed E-state index contributed by atoms with van der Waals surface area (Å²) in [6.07, 6.45) is 5.87. The Hall–Kier alpha value is -2.34. The van der Waals surface area contributed by atoms with E-state index in [0.717, 1.165) is 16.9 Å². The molecule has 0 aliphatic carbocycles. The number of carbonyl (C=O) groups is 1. The van der Waals surface area contributed by atoms with Gasteiger partial charge in [-0.2, -0.15) is 5.10 Å². The zero-order valence-electron chi connectivity index (χ0n) is 10.1. The van der Waals surface area contributed by atoms with E-state index in [-0.39, 0.29) is 0 Å². The minimum atomic E-state index is 0.512. The van der Waals surface area contributed by atoms with Crippen molar-refractivity contribution in [1.82, 2.24) is 19.7 Å². The summed E-state index contributed by atoms with van der Waals surface area (Å²) in [5.41, 5.74) is 2.19. The van der Waals surface area contributed by atoms with Crippen molar-refractivity contribution < 1.29 is 4.79 Å². The molecule has 0 spiro atoms. The van der Waals surface area contributed by atoms with Crippen LogP contribution in [0.15, 0.2) is 36.1 Å². The predicted octanol–water partition coefficient (Wildman–Crippen LogP) is 2.51. The fourth-order valence-electron chi connectivity index (χ4n) is 1.74. The number of thiazole rings is 1. The molecule has 5 nitrogen and oxygen atoms in total. The molecule has 3 aromatic rings. The highest BCUT2D eigenvalue weighted by molar-refractivity contribution is 7.13. The smallest absolute Gasteiger partial charge is 0.153 e. The molecular weight excluding hydrogens is 260 g/mol. The quantitative estimate of drug-likeness (QED) is 0.686. The van der Waals surface area contributed by atoms with Crippen molar-refractivity contribution in [3.05, 3.63) is 47.2 Å². The van der Waals surface area contributed by atoms with Gasteiger partial charge in [-0.1, -0.05) is 0 Å². The monoisotopic (exact) mass is 270 g/mol. The Bertz CT molecular complexity index is 718. The van der Waals surface area contributed by atoms with Crippen LogP contribution < -0.4 is 0 Å². The van der Waals surface area contributed by atoms with E-state index < -0.39 is 0 Å². The second-order valence-electron chi connectivity index (χ2n) is 4.02. The molecule has 6 heteroatoms. The van der Waals surface area contributed by atoms with Crippen molar-refractivity contribution >= 4 is 17.6 Å². The van der Waals surface area contributed by atoms with Crippen molar-refractivity contribution in [1.29, 1.82) is 0 Å². The molecule has 3 rings (SSSR count). The van der Waals surface area contributed by atoms with Crippen LogP contribution in [-0.2, 0) is 0 Å². The molecule has 0 saturated heterocycles. The van der Waals surface area contributed by atoms with E-state index in [1.807, 2.05) is 24.4 Å². The number of nitrogens with zero attached hydrogens (tertiary/aromatic N) is 4. The Morgan fingerprint density at radius 1 is 1.32 bits per heavy atom. The topological polar surface area (TPSA) is 60.7 Å². The highest BCUT2D eigenvalue weighted by Gasteiger charge is 2.14. The lowest BCUT2D eigenvalue weighted by atomic mass is 10.3. The molecule has 0 unspecified atom stereocenters. The molecule has 0 aromatic carbocycles. The third kappa shape index (κ3) is 2.17. The molecular formula is C13H10N4OS. The number of hydrogen-bond acceptors (Lipinski definition) is 5. The Morgan fingerprint density at radius 2 is 2.21 bits per heavy atom. The molecule has 3 heterocycles. The number of rotatable bonds is 3. The summed E-state index contributed by atoms with van der Waals surface area (Å²) in [6, 6.07) is 3.82. The number of hydrogen-bond donors (Lipinski definition) is 0. The van der Waals surface area contributed by atoms with Gasteiger partial charge in [0.15, 0.2) is 12.1 Å². The number of aldehydes is 1. The Kier molecular flexibility index (Phi) is 2.92. The van der Waals surface area contributed by atoms with Gasteiger partial charge in [-0.05, 0) is 24.6 Å². The number of aryl methyl sites for hydroxylation is 1. The van der Waals surface area contributed by atoms with E-state index in [1.165, 1.54) is 11.3 Å². The minimum Gasteiger partial charge on any atom is -0.298 e. The molecule has 0 amide bonds. The fraction of sp³-hybridized carbons (Fsp3) is 0.0769. The Labute approximate surface area is 113 Å². The molecule has 0 N–H and O–H groups in total. The third-order valence-electron chi connectivity index (χ3n) is 2.64. The average molecular weight is 270 g/mol. The standard InChI is InChI=1S/C13H10N4OS/c1-9-2-3-14-11(6-9)17-7-10(8-18)12(16-17)13-15-4-5-19-13/h2-8H,1H3. The van der Waals surface area contributed by atoms with Gasteiger partial charge in [0.2, 0.25) is 0 Å². The predicted molar refractivity (Wildman–Crippen MR) is 72.6 cm³/mol. The third-order valence-corrected chi connectivity index (χ3v) is 3.42.